The summed E-state index contributed by atoms with van der Waals surface area (Å²) in [5, 5.41) is 8.58. The first-order valence-corrected chi connectivity index (χ1v) is 6.68. The van der Waals surface area contributed by atoms with E-state index in [2.05, 4.69) is 0 Å². The number of rotatable bonds is 4. The third kappa shape index (κ3) is 4.37. The minimum atomic E-state index is -0.875. The predicted molar refractivity (Wildman–Crippen MR) is 59.8 cm³/mol. The van der Waals surface area contributed by atoms with Gasteiger partial charge in [-0.1, -0.05) is 0 Å². The quantitative estimate of drug-likeness (QED) is 0.665. The number of hydrogen-bond acceptors (Lipinski definition) is 2. The summed E-state index contributed by atoms with van der Waals surface area (Å²) in [5.41, 5.74) is 0. The molecule has 0 aliphatic heterocycles. The van der Waals surface area contributed by atoms with Crippen LogP contribution in [0.1, 0.15) is 6.92 Å². The average molecular weight is 320 g/mol. The van der Waals surface area contributed by atoms with Crippen LogP contribution in [0.3, 0.4) is 0 Å². The molecule has 80 valence electrons. The molecule has 15 heavy (non-hydrogen) atoms. The van der Waals surface area contributed by atoms with Gasteiger partial charge in [-0.15, -0.1) is 0 Å². The SMILES string of the molecule is COc1cccc([Te]/C(C)=C\C(=O)O)c1. The molecule has 0 fully saturated rings. The van der Waals surface area contributed by atoms with Crippen molar-refractivity contribution in [2.24, 2.45) is 0 Å². The molecule has 0 saturated heterocycles. The normalized spacial score (nSPS) is 11.2. The molecule has 0 amide bonds. The van der Waals surface area contributed by atoms with Crippen LogP contribution in [0.4, 0.5) is 0 Å². The predicted octanol–water partition coefficient (Wildman–Crippen LogP) is 1.01. The summed E-state index contributed by atoms with van der Waals surface area (Å²) < 4.78 is 7.22. The second-order valence-electron chi connectivity index (χ2n) is 2.87. The van der Waals surface area contributed by atoms with E-state index in [0.29, 0.717) is 0 Å². The van der Waals surface area contributed by atoms with Crippen LogP contribution >= 0.6 is 0 Å². The number of carbonyl (C=O) groups is 1. The number of aliphatic carboxylic acids is 1. The van der Waals surface area contributed by atoms with Crippen molar-refractivity contribution in [1.29, 1.82) is 0 Å². The van der Waals surface area contributed by atoms with Crippen molar-refractivity contribution in [2.45, 2.75) is 6.92 Å². The summed E-state index contributed by atoms with van der Waals surface area (Å²) in [6, 6.07) is 7.77. The fourth-order valence-electron chi connectivity index (χ4n) is 1.05. The summed E-state index contributed by atoms with van der Waals surface area (Å²) in [4.78, 5) is 10.4. The Bertz CT molecular complexity index is 385. The van der Waals surface area contributed by atoms with Crippen LogP contribution in [0.2, 0.25) is 0 Å². The Hall–Kier alpha value is -0.980. The monoisotopic (exact) mass is 322 g/mol. The number of hydrogen-bond donors (Lipinski definition) is 1. The van der Waals surface area contributed by atoms with Crippen molar-refractivity contribution in [3.05, 3.63) is 34.0 Å². The molecule has 0 spiro atoms. The van der Waals surface area contributed by atoms with E-state index in [1.807, 2.05) is 31.2 Å². The summed E-state index contributed by atoms with van der Waals surface area (Å²) >= 11 is -0.578. The molecular formula is C11H12O3Te. The van der Waals surface area contributed by atoms with Gasteiger partial charge >= 0.3 is 98.9 Å². The van der Waals surface area contributed by atoms with Gasteiger partial charge in [-0.2, -0.15) is 0 Å². The van der Waals surface area contributed by atoms with Crippen molar-refractivity contribution in [3.8, 4) is 5.75 Å². The first-order chi connectivity index (χ1) is 7.11. The fourth-order valence-corrected chi connectivity index (χ4v) is 3.49. The third-order valence-electron chi connectivity index (χ3n) is 1.65. The molecule has 0 aliphatic rings. The van der Waals surface area contributed by atoms with Gasteiger partial charge in [0.2, 0.25) is 0 Å². The summed E-state index contributed by atoms with van der Waals surface area (Å²) in [5.74, 6) is -0.0544. The first kappa shape index (κ1) is 12.1. The molecule has 4 heteroatoms. The Morgan fingerprint density at radius 2 is 2.27 bits per heavy atom. The van der Waals surface area contributed by atoms with E-state index in [1.54, 1.807) is 7.11 Å². The van der Waals surface area contributed by atoms with E-state index in [1.165, 1.54) is 9.69 Å². The van der Waals surface area contributed by atoms with Crippen LogP contribution < -0.4 is 8.35 Å². The van der Waals surface area contributed by atoms with Gasteiger partial charge in [0, 0.05) is 0 Å². The first-order valence-electron chi connectivity index (χ1n) is 4.35. The maximum absolute atomic E-state index is 10.4. The van der Waals surface area contributed by atoms with Gasteiger partial charge in [-0.25, -0.2) is 0 Å². The number of carboxylic acid groups (broad SMARTS) is 1. The summed E-state index contributed by atoms with van der Waals surface area (Å²) in [7, 11) is 1.62. The molecule has 1 aromatic rings. The van der Waals surface area contributed by atoms with Crippen LogP contribution in [0.15, 0.2) is 34.0 Å². The van der Waals surface area contributed by atoms with Crippen LogP contribution in [0.25, 0.3) is 0 Å². The zero-order valence-electron chi connectivity index (χ0n) is 8.56. The molecule has 0 radical (unpaired) electrons. The zero-order valence-corrected chi connectivity index (χ0v) is 10.9. The van der Waals surface area contributed by atoms with Crippen LogP contribution in [0.5, 0.6) is 5.75 Å². The molecule has 0 heterocycles. The van der Waals surface area contributed by atoms with Crippen molar-refractivity contribution in [1.82, 2.24) is 0 Å². The van der Waals surface area contributed by atoms with Crippen LogP contribution in [-0.2, 0) is 4.79 Å². The topological polar surface area (TPSA) is 46.5 Å². The van der Waals surface area contributed by atoms with Gasteiger partial charge in [0.05, 0.1) is 0 Å². The van der Waals surface area contributed by atoms with Gasteiger partial charge < -0.3 is 0 Å². The standard InChI is InChI=1S/C11H12O3Te/c1-8(6-11(12)13)15-10-5-3-4-9(7-10)14-2/h3-7H,1-2H3,(H,12,13)/b8-6-. The molecule has 0 saturated carbocycles. The molecule has 3 nitrogen and oxygen atoms in total. The minimum absolute atomic E-state index is 0.578. The molecule has 0 bridgehead atoms. The molecule has 0 aliphatic carbocycles. The van der Waals surface area contributed by atoms with Crippen molar-refractivity contribution < 1.29 is 14.6 Å². The van der Waals surface area contributed by atoms with E-state index in [-0.39, 0.29) is 0 Å². The zero-order chi connectivity index (χ0) is 11.3. The Kier molecular flexibility index (Phi) is 4.67. The maximum atomic E-state index is 10.4. The van der Waals surface area contributed by atoms with Gasteiger partial charge in [0.25, 0.3) is 0 Å². The number of methoxy groups -OCH3 is 1. The molecular weight excluding hydrogens is 308 g/mol. The molecule has 0 atom stereocenters. The molecule has 1 N–H and O–H groups in total. The molecule has 1 aromatic carbocycles. The van der Waals surface area contributed by atoms with Gasteiger partial charge in [-0.3, -0.25) is 0 Å². The van der Waals surface area contributed by atoms with E-state index >= 15 is 0 Å². The van der Waals surface area contributed by atoms with Gasteiger partial charge in [-0.05, 0) is 0 Å². The van der Waals surface area contributed by atoms with Crippen molar-refractivity contribution in [3.63, 3.8) is 0 Å². The van der Waals surface area contributed by atoms with Gasteiger partial charge in [0.15, 0.2) is 0 Å². The number of allylic oxidation sites excluding steroid dienone is 1. The van der Waals surface area contributed by atoms with Gasteiger partial charge in [0.1, 0.15) is 0 Å². The average Bonchev–Trinajstić information content (AvgIpc) is 2.16. The third-order valence-corrected chi connectivity index (χ3v) is 4.30. The number of benzene rings is 1. The van der Waals surface area contributed by atoms with Crippen molar-refractivity contribution >= 4 is 30.5 Å². The van der Waals surface area contributed by atoms with E-state index in [0.717, 1.165) is 9.37 Å². The van der Waals surface area contributed by atoms with E-state index in [9.17, 15) is 4.79 Å². The van der Waals surface area contributed by atoms with Crippen LogP contribution in [0, 0.1) is 0 Å². The molecule has 1 rings (SSSR count). The van der Waals surface area contributed by atoms with Crippen molar-refractivity contribution in [2.75, 3.05) is 7.11 Å². The second-order valence-corrected chi connectivity index (χ2v) is 6.64. The molecule has 0 unspecified atom stereocenters. The Morgan fingerprint density at radius 3 is 2.87 bits per heavy atom. The second kappa shape index (κ2) is 5.79. The molecule has 0 aromatic heterocycles. The summed E-state index contributed by atoms with van der Waals surface area (Å²) in [6.07, 6.45) is 1.28. The van der Waals surface area contributed by atoms with E-state index < -0.39 is 26.9 Å². The Balaban J connectivity index is 2.76. The Labute approximate surface area is 98.8 Å². The van der Waals surface area contributed by atoms with E-state index in [4.69, 9.17) is 9.84 Å². The Morgan fingerprint density at radius 1 is 1.53 bits per heavy atom. The fraction of sp³-hybridized carbons (Fsp3) is 0.182. The van der Waals surface area contributed by atoms with Crippen LogP contribution in [-0.4, -0.2) is 39.1 Å². The number of ether oxygens (including phenoxy) is 1. The summed E-state index contributed by atoms with van der Waals surface area (Å²) in [6.45, 7) is 1.86. The number of carboxylic acids is 1.